The standard InChI is InChI=1S/C21H46NO5P/c1-3-5-7-9-11-13-19-26-28(25,21-22(15-17-23)16-18-24)27-20-14-12-10-8-6-4-2/h23-24H,3-21H2,1-2H3. The van der Waals surface area contributed by atoms with Crippen molar-refractivity contribution in [2.75, 3.05) is 45.8 Å². The van der Waals surface area contributed by atoms with Crippen LogP contribution in [0.3, 0.4) is 0 Å². The molecule has 6 nitrogen and oxygen atoms in total. The van der Waals surface area contributed by atoms with E-state index >= 15 is 0 Å². The van der Waals surface area contributed by atoms with Gasteiger partial charge in [0.2, 0.25) is 0 Å². The van der Waals surface area contributed by atoms with Crippen molar-refractivity contribution in [1.29, 1.82) is 0 Å². The lowest BCUT2D eigenvalue weighted by atomic mass is 10.1. The Hall–Kier alpha value is 0.0300. The quantitative estimate of drug-likeness (QED) is 0.185. The van der Waals surface area contributed by atoms with E-state index in [9.17, 15) is 14.8 Å². The maximum atomic E-state index is 13.2. The lowest BCUT2D eigenvalue weighted by molar-refractivity contribution is 0.149. The molecule has 0 aliphatic carbocycles. The number of hydrogen-bond donors (Lipinski definition) is 2. The summed E-state index contributed by atoms with van der Waals surface area (Å²) in [5.41, 5.74) is 0. The summed E-state index contributed by atoms with van der Waals surface area (Å²) < 4.78 is 24.7. The molecular weight excluding hydrogens is 377 g/mol. The Morgan fingerprint density at radius 1 is 0.679 bits per heavy atom. The Morgan fingerprint density at radius 2 is 1.07 bits per heavy atom. The van der Waals surface area contributed by atoms with Gasteiger partial charge in [-0.1, -0.05) is 78.1 Å². The number of nitrogens with zero attached hydrogens (tertiary/aromatic N) is 1. The van der Waals surface area contributed by atoms with Crippen LogP contribution in [-0.4, -0.2) is 60.9 Å². The third-order valence-corrected chi connectivity index (χ3v) is 6.68. The molecule has 0 unspecified atom stereocenters. The molecule has 0 saturated carbocycles. The van der Waals surface area contributed by atoms with Crippen molar-refractivity contribution in [2.45, 2.75) is 90.9 Å². The number of aliphatic hydroxyl groups is 2. The van der Waals surface area contributed by atoms with Crippen LogP contribution in [0.25, 0.3) is 0 Å². The van der Waals surface area contributed by atoms with Gasteiger partial charge in [0.1, 0.15) is 6.29 Å². The van der Waals surface area contributed by atoms with Gasteiger partial charge in [-0.05, 0) is 12.8 Å². The Labute approximate surface area is 173 Å². The summed E-state index contributed by atoms with van der Waals surface area (Å²) in [6.45, 7) is 5.88. The SMILES string of the molecule is CCCCCCCCOP(=O)(CN(CCO)CCO)OCCCCCCCC. The molecule has 0 spiro atoms. The van der Waals surface area contributed by atoms with Gasteiger partial charge in [0.15, 0.2) is 0 Å². The van der Waals surface area contributed by atoms with Gasteiger partial charge in [-0.2, -0.15) is 0 Å². The van der Waals surface area contributed by atoms with Crippen molar-refractivity contribution in [3.8, 4) is 0 Å². The molecule has 0 saturated heterocycles. The molecule has 0 bridgehead atoms. The molecule has 2 N–H and O–H groups in total. The summed E-state index contributed by atoms with van der Waals surface area (Å²) in [6, 6.07) is 0. The van der Waals surface area contributed by atoms with Crippen LogP contribution in [0.4, 0.5) is 0 Å². The van der Waals surface area contributed by atoms with Gasteiger partial charge < -0.3 is 19.3 Å². The normalized spacial score (nSPS) is 12.2. The smallest absolute Gasteiger partial charge is 0.344 e. The molecule has 0 amide bonds. The first-order valence-electron chi connectivity index (χ1n) is 11.4. The van der Waals surface area contributed by atoms with Crippen LogP contribution in [0.15, 0.2) is 0 Å². The Kier molecular flexibility index (Phi) is 20.3. The maximum absolute atomic E-state index is 13.2. The average Bonchev–Trinajstić information content (AvgIpc) is 2.67. The number of unbranched alkanes of at least 4 members (excludes halogenated alkanes) is 10. The topological polar surface area (TPSA) is 79.2 Å². The van der Waals surface area contributed by atoms with E-state index < -0.39 is 7.60 Å². The van der Waals surface area contributed by atoms with Crippen molar-refractivity contribution in [2.24, 2.45) is 0 Å². The van der Waals surface area contributed by atoms with Gasteiger partial charge >= 0.3 is 7.60 Å². The third kappa shape index (κ3) is 16.9. The first-order chi connectivity index (χ1) is 13.6. The van der Waals surface area contributed by atoms with Crippen LogP contribution in [0.5, 0.6) is 0 Å². The minimum Gasteiger partial charge on any atom is -0.395 e. The number of rotatable bonds is 22. The molecule has 170 valence electrons. The molecule has 0 atom stereocenters. The second-order valence-corrected chi connectivity index (χ2v) is 9.54. The fraction of sp³-hybridized carbons (Fsp3) is 1.00. The molecule has 0 heterocycles. The maximum Gasteiger partial charge on any atom is 0.344 e. The van der Waals surface area contributed by atoms with Crippen LogP contribution in [-0.2, 0) is 13.6 Å². The largest absolute Gasteiger partial charge is 0.395 e. The molecule has 28 heavy (non-hydrogen) atoms. The second-order valence-electron chi connectivity index (χ2n) is 7.52. The van der Waals surface area contributed by atoms with Crippen LogP contribution in [0, 0.1) is 0 Å². The third-order valence-electron chi connectivity index (χ3n) is 4.78. The number of hydrogen-bond acceptors (Lipinski definition) is 6. The lowest BCUT2D eigenvalue weighted by Gasteiger charge is -2.26. The molecule has 0 aromatic carbocycles. The fourth-order valence-electron chi connectivity index (χ4n) is 3.07. The van der Waals surface area contributed by atoms with Crippen LogP contribution in [0.1, 0.15) is 90.9 Å². The minimum atomic E-state index is -3.25. The van der Waals surface area contributed by atoms with E-state index in [0.717, 1.165) is 25.7 Å². The van der Waals surface area contributed by atoms with Gasteiger partial charge in [0, 0.05) is 13.1 Å². The van der Waals surface area contributed by atoms with E-state index in [2.05, 4.69) is 13.8 Å². The monoisotopic (exact) mass is 423 g/mol. The first kappa shape index (κ1) is 28.0. The fourth-order valence-corrected chi connectivity index (χ4v) is 4.90. The molecular formula is C21H46NO5P. The molecule has 0 aliphatic rings. The molecule has 7 heteroatoms. The van der Waals surface area contributed by atoms with Crippen molar-refractivity contribution in [3.05, 3.63) is 0 Å². The molecule has 0 aromatic heterocycles. The highest BCUT2D eigenvalue weighted by molar-refractivity contribution is 7.53. The van der Waals surface area contributed by atoms with Crippen molar-refractivity contribution in [3.63, 3.8) is 0 Å². The highest BCUT2D eigenvalue weighted by Crippen LogP contribution is 2.49. The van der Waals surface area contributed by atoms with E-state index in [4.69, 9.17) is 9.05 Å². The zero-order valence-electron chi connectivity index (χ0n) is 18.4. The second kappa shape index (κ2) is 20.3. The van der Waals surface area contributed by atoms with Crippen molar-refractivity contribution >= 4 is 7.60 Å². The van der Waals surface area contributed by atoms with Gasteiger partial charge in [-0.3, -0.25) is 9.46 Å². The Morgan fingerprint density at radius 3 is 1.46 bits per heavy atom. The number of aliphatic hydroxyl groups excluding tert-OH is 2. The zero-order valence-corrected chi connectivity index (χ0v) is 19.3. The average molecular weight is 424 g/mol. The zero-order chi connectivity index (χ0) is 20.9. The van der Waals surface area contributed by atoms with Gasteiger partial charge in [0.25, 0.3) is 0 Å². The summed E-state index contributed by atoms with van der Waals surface area (Å²) in [5, 5.41) is 18.4. The molecule has 0 radical (unpaired) electrons. The summed E-state index contributed by atoms with van der Waals surface area (Å²) in [4.78, 5) is 1.75. The summed E-state index contributed by atoms with van der Waals surface area (Å²) in [5.74, 6) is 0. The molecule has 0 aromatic rings. The highest BCUT2D eigenvalue weighted by Gasteiger charge is 2.27. The van der Waals surface area contributed by atoms with E-state index in [1.165, 1.54) is 51.4 Å². The summed E-state index contributed by atoms with van der Waals surface area (Å²) in [7, 11) is -3.25. The lowest BCUT2D eigenvalue weighted by Crippen LogP contribution is -2.31. The molecule has 0 aliphatic heterocycles. The van der Waals surface area contributed by atoms with Gasteiger partial charge in [0.05, 0.1) is 26.4 Å². The predicted molar refractivity (Wildman–Crippen MR) is 117 cm³/mol. The summed E-state index contributed by atoms with van der Waals surface area (Å²) >= 11 is 0. The first-order valence-corrected chi connectivity index (χ1v) is 13.2. The Bertz CT molecular complexity index is 343. The van der Waals surface area contributed by atoms with Gasteiger partial charge in [-0.25, -0.2) is 0 Å². The molecule has 0 fully saturated rings. The minimum absolute atomic E-state index is 0.0468. The van der Waals surface area contributed by atoms with Crippen molar-refractivity contribution < 1.29 is 23.8 Å². The van der Waals surface area contributed by atoms with E-state index in [0.29, 0.717) is 26.3 Å². The summed E-state index contributed by atoms with van der Waals surface area (Å²) in [6.07, 6.45) is 13.9. The highest BCUT2D eigenvalue weighted by atomic mass is 31.2. The Balaban J connectivity index is 4.36. The van der Waals surface area contributed by atoms with Crippen LogP contribution >= 0.6 is 7.60 Å². The van der Waals surface area contributed by atoms with E-state index in [1.54, 1.807) is 4.90 Å². The van der Waals surface area contributed by atoms with Crippen molar-refractivity contribution in [1.82, 2.24) is 4.90 Å². The van der Waals surface area contributed by atoms with Crippen LogP contribution < -0.4 is 0 Å². The van der Waals surface area contributed by atoms with Gasteiger partial charge in [-0.15, -0.1) is 0 Å². The van der Waals surface area contributed by atoms with E-state index in [-0.39, 0.29) is 19.5 Å². The van der Waals surface area contributed by atoms with Crippen LogP contribution in [0.2, 0.25) is 0 Å². The predicted octanol–water partition coefficient (Wildman–Crippen LogP) is 5.18. The molecule has 0 rings (SSSR count). The van der Waals surface area contributed by atoms with E-state index in [1.807, 2.05) is 0 Å².